The number of ketones is 1. The van der Waals surface area contributed by atoms with E-state index < -0.39 is 0 Å². The Morgan fingerprint density at radius 2 is 2.18 bits per heavy atom. The number of hydrogen-bond donors (Lipinski definition) is 0. The standard InChI is InChI=1S/C13H10BrClOS/c1-8-3-2-4-9(5-8)6-11(16)12-7-10(14)13(15)17-12/h2-5,7H,6H2,1H3. The highest BCUT2D eigenvalue weighted by Crippen LogP contribution is 2.32. The van der Waals surface area contributed by atoms with Crippen LogP contribution in [0.15, 0.2) is 34.8 Å². The predicted molar refractivity (Wildman–Crippen MR) is 76.2 cm³/mol. The molecular weight excluding hydrogens is 320 g/mol. The Kier molecular flexibility index (Phi) is 4.02. The number of Topliss-reactive ketones (excluding diaryl/α,β-unsaturated/α-hetero) is 1. The van der Waals surface area contributed by atoms with E-state index in [1.165, 1.54) is 16.9 Å². The summed E-state index contributed by atoms with van der Waals surface area (Å²) in [6.07, 6.45) is 0.422. The minimum Gasteiger partial charge on any atom is -0.293 e. The molecule has 0 saturated carbocycles. The Balaban J connectivity index is 2.17. The fraction of sp³-hybridized carbons (Fsp3) is 0.154. The van der Waals surface area contributed by atoms with Crippen molar-refractivity contribution in [2.24, 2.45) is 0 Å². The maximum atomic E-state index is 12.0. The van der Waals surface area contributed by atoms with Gasteiger partial charge in [0.2, 0.25) is 0 Å². The number of halogens is 2. The Hall–Kier alpha value is -0.640. The van der Waals surface area contributed by atoms with Crippen LogP contribution in [-0.4, -0.2) is 5.78 Å². The number of thiophene rings is 1. The molecule has 4 heteroatoms. The van der Waals surface area contributed by atoms with Crippen molar-refractivity contribution in [1.29, 1.82) is 0 Å². The topological polar surface area (TPSA) is 17.1 Å². The van der Waals surface area contributed by atoms with Crippen molar-refractivity contribution < 1.29 is 4.79 Å². The number of benzene rings is 1. The van der Waals surface area contributed by atoms with Crippen molar-refractivity contribution >= 4 is 44.7 Å². The third kappa shape index (κ3) is 3.18. The molecule has 0 saturated heterocycles. The molecule has 0 atom stereocenters. The lowest BCUT2D eigenvalue weighted by Crippen LogP contribution is -2.01. The highest BCUT2D eigenvalue weighted by atomic mass is 79.9. The number of carbonyl (C=O) groups excluding carboxylic acids is 1. The van der Waals surface area contributed by atoms with E-state index in [2.05, 4.69) is 15.9 Å². The van der Waals surface area contributed by atoms with Crippen molar-refractivity contribution in [3.8, 4) is 0 Å². The minimum absolute atomic E-state index is 0.105. The SMILES string of the molecule is Cc1cccc(CC(=O)c2cc(Br)c(Cl)s2)c1. The second kappa shape index (κ2) is 5.34. The van der Waals surface area contributed by atoms with Gasteiger partial charge in [-0.15, -0.1) is 11.3 Å². The Morgan fingerprint density at radius 1 is 1.41 bits per heavy atom. The van der Waals surface area contributed by atoms with Gasteiger partial charge < -0.3 is 0 Å². The number of aryl methyl sites for hydroxylation is 1. The summed E-state index contributed by atoms with van der Waals surface area (Å²) >= 11 is 10.5. The van der Waals surface area contributed by atoms with Gasteiger partial charge in [-0.25, -0.2) is 0 Å². The molecule has 0 amide bonds. The van der Waals surface area contributed by atoms with Gasteiger partial charge >= 0.3 is 0 Å². The van der Waals surface area contributed by atoms with Crippen molar-refractivity contribution in [2.45, 2.75) is 13.3 Å². The summed E-state index contributed by atoms with van der Waals surface area (Å²) in [5, 5.41) is 0. The van der Waals surface area contributed by atoms with Gasteiger partial charge in [0.05, 0.1) is 4.88 Å². The zero-order valence-electron chi connectivity index (χ0n) is 9.17. The fourth-order valence-corrected chi connectivity index (χ4v) is 3.22. The molecule has 0 aliphatic rings. The van der Waals surface area contributed by atoms with Crippen molar-refractivity contribution in [3.05, 3.63) is 55.1 Å². The normalized spacial score (nSPS) is 10.5. The van der Waals surface area contributed by atoms with Crippen molar-refractivity contribution in [1.82, 2.24) is 0 Å². The lowest BCUT2D eigenvalue weighted by atomic mass is 10.1. The number of carbonyl (C=O) groups is 1. The number of hydrogen-bond acceptors (Lipinski definition) is 2. The average Bonchev–Trinajstić information content (AvgIpc) is 2.59. The fourth-order valence-electron chi connectivity index (χ4n) is 1.58. The molecule has 0 radical (unpaired) electrons. The van der Waals surface area contributed by atoms with Crippen LogP contribution in [0.1, 0.15) is 20.8 Å². The van der Waals surface area contributed by atoms with Gasteiger partial charge in [-0.2, -0.15) is 0 Å². The van der Waals surface area contributed by atoms with Crippen LogP contribution in [0.4, 0.5) is 0 Å². The van der Waals surface area contributed by atoms with E-state index in [9.17, 15) is 4.79 Å². The molecule has 0 fully saturated rings. The molecule has 1 aromatic carbocycles. The van der Waals surface area contributed by atoms with Gasteiger partial charge in [-0.1, -0.05) is 41.4 Å². The molecule has 1 heterocycles. The van der Waals surface area contributed by atoms with Gasteiger partial charge in [-0.05, 0) is 34.5 Å². The Bertz CT molecular complexity index is 543. The first kappa shape index (κ1) is 12.8. The first-order valence-electron chi connectivity index (χ1n) is 5.10. The summed E-state index contributed by atoms with van der Waals surface area (Å²) in [6.45, 7) is 2.02. The molecule has 0 aliphatic carbocycles. The average molecular weight is 330 g/mol. The van der Waals surface area contributed by atoms with Crippen LogP contribution in [0.2, 0.25) is 4.34 Å². The molecule has 0 bridgehead atoms. The monoisotopic (exact) mass is 328 g/mol. The molecule has 0 unspecified atom stereocenters. The molecule has 1 aromatic heterocycles. The highest BCUT2D eigenvalue weighted by Gasteiger charge is 2.12. The van der Waals surface area contributed by atoms with E-state index in [0.717, 1.165) is 10.0 Å². The van der Waals surface area contributed by atoms with Crippen LogP contribution >= 0.6 is 38.9 Å². The van der Waals surface area contributed by atoms with Crippen LogP contribution in [0.5, 0.6) is 0 Å². The Labute approximate surface area is 118 Å². The summed E-state index contributed by atoms with van der Waals surface area (Å²) in [7, 11) is 0. The molecule has 2 aromatic rings. The van der Waals surface area contributed by atoms with Crippen LogP contribution < -0.4 is 0 Å². The summed E-state index contributed by atoms with van der Waals surface area (Å²) in [6, 6.07) is 9.77. The summed E-state index contributed by atoms with van der Waals surface area (Å²) in [4.78, 5) is 12.7. The van der Waals surface area contributed by atoms with Crippen LogP contribution in [0.25, 0.3) is 0 Å². The van der Waals surface area contributed by atoms with Crippen LogP contribution in [-0.2, 0) is 6.42 Å². The van der Waals surface area contributed by atoms with Gasteiger partial charge in [0.15, 0.2) is 5.78 Å². The zero-order chi connectivity index (χ0) is 12.4. The van der Waals surface area contributed by atoms with E-state index in [1.807, 2.05) is 31.2 Å². The molecule has 0 aliphatic heterocycles. The van der Waals surface area contributed by atoms with E-state index in [0.29, 0.717) is 15.6 Å². The quantitative estimate of drug-likeness (QED) is 0.732. The van der Waals surface area contributed by atoms with Gasteiger partial charge in [0, 0.05) is 10.9 Å². The second-order valence-electron chi connectivity index (χ2n) is 3.82. The minimum atomic E-state index is 0.105. The first-order chi connectivity index (χ1) is 8.06. The first-order valence-corrected chi connectivity index (χ1v) is 7.08. The maximum absolute atomic E-state index is 12.0. The van der Waals surface area contributed by atoms with Crippen LogP contribution in [0, 0.1) is 6.92 Å². The molecular formula is C13H10BrClOS. The highest BCUT2D eigenvalue weighted by molar-refractivity contribution is 9.10. The molecule has 88 valence electrons. The van der Waals surface area contributed by atoms with Crippen LogP contribution in [0.3, 0.4) is 0 Å². The van der Waals surface area contributed by atoms with Gasteiger partial charge in [-0.3, -0.25) is 4.79 Å². The lowest BCUT2D eigenvalue weighted by molar-refractivity contribution is 0.0997. The second-order valence-corrected chi connectivity index (χ2v) is 6.33. The molecule has 0 N–H and O–H groups in total. The zero-order valence-corrected chi connectivity index (χ0v) is 12.3. The summed E-state index contributed by atoms with van der Waals surface area (Å²) in [5.74, 6) is 0.105. The van der Waals surface area contributed by atoms with Gasteiger partial charge in [0.1, 0.15) is 4.34 Å². The summed E-state index contributed by atoms with van der Waals surface area (Å²) < 4.78 is 1.41. The predicted octanol–water partition coefficient (Wildman–Crippen LogP) is 4.90. The smallest absolute Gasteiger partial charge is 0.177 e. The molecule has 1 nitrogen and oxygen atoms in total. The van der Waals surface area contributed by atoms with E-state index in [4.69, 9.17) is 11.6 Å². The van der Waals surface area contributed by atoms with Crippen molar-refractivity contribution in [2.75, 3.05) is 0 Å². The maximum Gasteiger partial charge on any atom is 0.177 e. The Morgan fingerprint density at radius 3 is 2.76 bits per heavy atom. The summed E-state index contributed by atoms with van der Waals surface area (Å²) in [5.41, 5.74) is 2.20. The van der Waals surface area contributed by atoms with Crippen molar-refractivity contribution in [3.63, 3.8) is 0 Å². The molecule has 2 rings (SSSR count). The largest absolute Gasteiger partial charge is 0.293 e. The molecule has 0 spiro atoms. The molecule has 17 heavy (non-hydrogen) atoms. The van der Waals surface area contributed by atoms with E-state index in [-0.39, 0.29) is 5.78 Å². The van der Waals surface area contributed by atoms with E-state index >= 15 is 0 Å². The third-order valence-electron chi connectivity index (χ3n) is 2.37. The van der Waals surface area contributed by atoms with E-state index in [1.54, 1.807) is 6.07 Å². The third-order valence-corrected chi connectivity index (χ3v) is 4.88. The number of rotatable bonds is 3. The lowest BCUT2D eigenvalue weighted by Gasteiger charge is -2.00. The van der Waals surface area contributed by atoms with Gasteiger partial charge in [0.25, 0.3) is 0 Å².